The minimum atomic E-state index is 0.616. The second kappa shape index (κ2) is 5.49. The van der Waals surface area contributed by atoms with Crippen LogP contribution in [0.4, 0.5) is 0 Å². The van der Waals surface area contributed by atoms with Gasteiger partial charge in [0.15, 0.2) is 0 Å². The van der Waals surface area contributed by atoms with Crippen molar-refractivity contribution in [1.82, 2.24) is 10.3 Å². The smallest absolute Gasteiger partial charge is 0.0797 e. The first-order valence-electron chi connectivity index (χ1n) is 6.71. The molecular formula is C14H24N2S. The molecule has 0 unspecified atom stereocenters. The normalized spacial score (nSPS) is 17.6. The van der Waals surface area contributed by atoms with E-state index in [9.17, 15) is 0 Å². The average molecular weight is 252 g/mol. The molecule has 0 aliphatic heterocycles. The Hall–Kier alpha value is -0.410. The van der Waals surface area contributed by atoms with E-state index in [-0.39, 0.29) is 0 Å². The molecule has 0 amide bonds. The van der Waals surface area contributed by atoms with Crippen LogP contribution in [0.5, 0.6) is 0 Å². The van der Waals surface area contributed by atoms with E-state index in [1.807, 2.05) is 16.8 Å². The van der Waals surface area contributed by atoms with Crippen molar-refractivity contribution in [2.24, 2.45) is 11.3 Å². The number of hydrogen-bond donors (Lipinski definition) is 1. The molecule has 1 heterocycles. The van der Waals surface area contributed by atoms with Crippen LogP contribution in [0.15, 0.2) is 5.51 Å². The molecule has 0 saturated heterocycles. The molecular weight excluding hydrogens is 228 g/mol. The van der Waals surface area contributed by atoms with Crippen molar-refractivity contribution < 1.29 is 0 Å². The lowest BCUT2D eigenvalue weighted by molar-refractivity contribution is 0.410. The van der Waals surface area contributed by atoms with Gasteiger partial charge in [-0.15, -0.1) is 11.3 Å². The Balaban J connectivity index is 1.73. The summed E-state index contributed by atoms with van der Waals surface area (Å²) in [5, 5.41) is 3.62. The van der Waals surface area contributed by atoms with Crippen LogP contribution in [0.2, 0.25) is 0 Å². The quantitative estimate of drug-likeness (QED) is 0.804. The predicted octanol–water partition coefficient (Wildman–Crippen LogP) is 3.41. The van der Waals surface area contributed by atoms with Gasteiger partial charge in [0.1, 0.15) is 0 Å². The first kappa shape index (κ1) is 13.0. The molecule has 2 nitrogen and oxygen atoms in total. The van der Waals surface area contributed by atoms with Gasteiger partial charge in [-0.2, -0.15) is 0 Å². The van der Waals surface area contributed by atoms with Gasteiger partial charge in [-0.3, -0.25) is 0 Å². The number of thiazole rings is 1. The lowest BCUT2D eigenvalue weighted by Gasteiger charge is -2.16. The summed E-state index contributed by atoms with van der Waals surface area (Å²) in [6.45, 7) is 9.04. The maximum atomic E-state index is 4.33. The van der Waals surface area contributed by atoms with Crippen molar-refractivity contribution >= 4 is 11.3 Å². The molecule has 2 rings (SSSR count). The largest absolute Gasteiger partial charge is 0.316 e. The molecule has 0 radical (unpaired) electrons. The molecule has 0 bridgehead atoms. The Morgan fingerprint density at radius 1 is 1.47 bits per heavy atom. The molecule has 1 aromatic heterocycles. The molecule has 1 saturated carbocycles. The van der Waals surface area contributed by atoms with Crippen LogP contribution in [0, 0.1) is 18.3 Å². The summed E-state index contributed by atoms with van der Waals surface area (Å²) in [5.74, 6) is 0.759. The molecule has 17 heavy (non-hydrogen) atoms. The van der Waals surface area contributed by atoms with E-state index in [2.05, 4.69) is 31.1 Å². The lowest BCUT2D eigenvalue weighted by atomic mass is 9.99. The fourth-order valence-electron chi connectivity index (χ4n) is 2.26. The molecule has 0 aromatic carbocycles. The number of aryl methyl sites for hydroxylation is 2. The second-order valence-corrected chi connectivity index (χ2v) is 6.83. The molecule has 1 fully saturated rings. The third-order valence-electron chi connectivity index (χ3n) is 3.74. The predicted molar refractivity (Wildman–Crippen MR) is 74.5 cm³/mol. The summed E-state index contributed by atoms with van der Waals surface area (Å²) >= 11 is 1.82. The summed E-state index contributed by atoms with van der Waals surface area (Å²) < 4.78 is 0. The van der Waals surface area contributed by atoms with Gasteiger partial charge in [0.2, 0.25) is 0 Å². The number of rotatable bonds is 7. The van der Waals surface area contributed by atoms with Gasteiger partial charge in [0.25, 0.3) is 0 Å². The third-order valence-corrected chi connectivity index (χ3v) is 4.73. The maximum absolute atomic E-state index is 4.33. The van der Waals surface area contributed by atoms with Crippen LogP contribution in [0.1, 0.15) is 43.7 Å². The molecule has 1 aromatic rings. The van der Waals surface area contributed by atoms with Crippen molar-refractivity contribution in [2.45, 2.75) is 46.5 Å². The van der Waals surface area contributed by atoms with Gasteiger partial charge in [-0.1, -0.05) is 13.8 Å². The minimum Gasteiger partial charge on any atom is -0.316 e. The highest BCUT2D eigenvalue weighted by atomic mass is 32.1. The van der Waals surface area contributed by atoms with Crippen molar-refractivity contribution in [3.8, 4) is 0 Å². The number of aromatic nitrogens is 1. The lowest BCUT2D eigenvalue weighted by Crippen LogP contribution is -2.27. The molecule has 0 spiro atoms. The first-order valence-corrected chi connectivity index (χ1v) is 7.59. The standard InChI is InChI=1S/C14H24N2S/c1-11(2)8-15-9-14(6-7-14)5-4-13-12(3)16-10-17-13/h10-11,15H,4-9H2,1-3H3. The van der Waals surface area contributed by atoms with E-state index in [1.165, 1.54) is 42.8 Å². The Kier molecular flexibility index (Phi) is 4.21. The van der Waals surface area contributed by atoms with Gasteiger partial charge in [-0.05, 0) is 50.5 Å². The Morgan fingerprint density at radius 2 is 2.24 bits per heavy atom. The van der Waals surface area contributed by atoms with E-state index in [1.54, 1.807) is 0 Å². The van der Waals surface area contributed by atoms with Crippen LogP contribution < -0.4 is 5.32 Å². The zero-order valence-electron chi connectivity index (χ0n) is 11.3. The summed E-state index contributed by atoms with van der Waals surface area (Å²) in [4.78, 5) is 5.81. The highest BCUT2D eigenvalue weighted by molar-refractivity contribution is 7.09. The van der Waals surface area contributed by atoms with E-state index in [4.69, 9.17) is 0 Å². The zero-order valence-corrected chi connectivity index (χ0v) is 12.1. The second-order valence-electron chi connectivity index (χ2n) is 5.89. The van der Waals surface area contributed by atoms with Crippen LogP contribution >= 0.6 is 11.3 Å². The van der Waals surface area contributed by atoms with Crippen LogP contribution in [0.3, 0.4) is 0 Å². The number of hydrogen-bond acceptors (Lipinski definition) is 3. The summed E-state index contributed by atoms with van der Waals surface area (Å²) in [5.41, 5.74) is 3.83. The summed E-state index contributed by atoms with van der Waals surface area (Å²) in [7, 11) is 0. The fraction of sp³-hybridized carbons (Fsp3) is 0.786. The van der Waals surface area contributed by atoms with E-state index in [0.717, 1.165) is 12.5 Å². The topological polar surface area (TPSA) is 24.9 Å². The summed E-state index contributed by atoms with van der Waals surface area (Å²) in [6.07, 6.45) is 5.38. The molecule has 96 valence electrons. The van der Waals surface area contributed by atoms with Gasteiger partial charge < -0.3 is 5.32 Å². The van der Waals surface area contributed by atoms with Crippen molar-refractivity contribution in [3.63, 3.8) is 0 Å². The van der Waals surface area contributed by atoms with Crippen LogP contribution in [0.25, 0.3) is 0 Å². The fourth-order valence-corrected chi connectivity index (χ4v) is 3.04. The molecule has 1 N–H and O–H groups in total. The zero-order chi connectivity index (χ0) is 12.3. The number of nitrogens with one attached hydrogen (secondary N) is 1. The summed E-state index contributed by atoms with van der Waals surface area (Å²) in [6, 6.07) is 0. The van der Waals surface area contributed by atoms with Gasteiger partial charge >= 0.3 is 0 Å². The van der Waals surface area contributed by atoms with Gasteiger partial charge in [0, 0.05) is 11.4 Å². The number of nitrogens with zero attached hydrogens (tertiary/aromatic N) is 1. The highest BCUT2D eigenvalue weighted by Crippen LogP contribution is 2.49. The first-order chi connectivity index (χ1) is 8.11. The van der Waals surface area contributed by atoms with Crippen molar-refractivity contribution in [3.05, 3.63) is 16.1 Å². The van der Waals surface area contributed by atoms with Crippen molar-refractivity contribution in [1.29, 1.82) is 0 Å². The van der Waals surface area contributed by atoms with Gasteiger partial charge in [-0.25, -0.2) is 4.98 Å². The van der Waals surface area contributed by atoms with E-state index in [0.29, 0.717) is 5.41 Å². The van der Waals surface area contributed by atoms with Crippen LogP contribution in [-0.4, -0.2) is 18.1 Å². The molecule has 1 aliphatic carbocycles. The minimum absolute atomic E-state index is 0.616. The average Bonchev–Trinajstić information content (AvgIpc) is 2.92. The Morgan fingerprint density at radius 3 is 2.76 bits per heavy atom. The Bertz CT molecular complexity index is 353. The third kappa shape index (κ3) is 3.78. The van der Waals surface area contributed by atoms with E-state index < -0.39 is 0 Å². The molecule has 1 aliphatic rings. The molecule has 0 atom stereocenters. The van der Waals surface area contributed by atoms with Gasteiger partial charge in [0.05, 0.1) is 11.2 Å². The monoisotopic (exact) mass is 252 g/mol. The van der Waals surface area contributed by atoms with Crippen molar-refractivity contribution in [2.75, 3.05) is 13.1 Å². The molecule has 3 heteroatoms. The van der Waals surface area contributed by atoms with Crippen LogP contribution in [-0.2, 0) is 6.42 Å². The maximum Gasteiger partial charge on any atom is 0.0797 e. The highest BCUT2D eigenvalue weighted by Gasteiger charge is 2.41. The van der Waals surface area contributed by atoms with E-state index >= 15 is 0 Å². The Labute approximate surface area is 109 Å². The SMILES string of the molecule is Cc1ncsc1CCC1(CNCC(C)C)CC1.